The van der Waals surface area contributed by atoms with Crippen LogP contribution in [0, 0.1) is 11.6 Å². The van der Waals surface area contributed by atoms with Gasteiger partial charge in [0.25, 0.3) is 11.8 Å². The summed E-state index contributed by atoms with van der Waals surface area (Å²) in [6.45, 7) is 4.64. The lowest BCUT2D eigenvalue weighted by Gasteiger charge is -2.26. The lowest BCUT2D eigenvalue weighted by atomic mass is 10.1. The number of halogens is 2. The molecule has 2 aromatic carbocycles. The highest BCUT2D eigenvalue weighted by Crippen LogP contribution is 2.29. The van der Waals surface area contributed by atoms with Gasteiger partial charge in [-0.15, -0.1) is 0 Å². The van der Waals surface area contributed by atoms with Gasteiger partial charge in [0.1, 0.15) is 11.6 Å². The van der Waals surface area contributed by atoms with Crippen molar-refractivity contribution < 1.29 is 37.4 Å². The molecule has 1 saturated heterocycles. The maximum absolute atomic E-state index is 13.8. The molecule has 1 atom stereocenters. The molecule has 188 valence electrons. The Morgan fingerprint density at radius 1 is 1.00 bits per heavy atom. The van der Waals surface area contributed by atoms with Crippen molar-refractivity contribution in [2.45, 2.75) is 39.2 Å². The smallest absolute Gasteiger partial charge is 0.339 e. The van der Waals surface area contributed by atoms with Crippen molar-refractivity contribution in [1.29, 1.82) is 0 Å². The van der Waals surface area contributed by atoms with Crippen LogP contribution >= 0.6 is 0 Å². The minimum absolute atomic E-state index is 0.0933. The molecule has 8 nitrogen and oxygen atoms in total. The molecule has 0 bridgehead atoms. The minimum Gasteiger partial charge on any atom is -0.490 e. The Balaban J connectivity index is 1.61. The molecule has 1 unspecified atom stereocenters. The number of carbonyl (C=O) groups is 3. The summed E-state index contributed by atoms with van der Waals surface area (Å²) in [5.74, 6) is -2.91. The fraction of sp³-hybridized carbons (Fsp3) is 0.400. The highest BCUT2D eigenvalue weighted by atomic mass is 19.1. The highest BCUT2D eigenvalue weighted by Gasteiger charge is 2.22. The standard InChI is InChI=1S/C25H28F2N2O6/c1-3-33-22-13-17(7-10-21(22)34-15-23(30)29-11-5-4-6-12-29)25(32)35-16(2)24(31)28-20-9-8-18(26)14-19(20)27/h7-10,13-14,16H,3-6,11-12,15H2,1-2H3,(H,28,31). The quantitative estimate of drug-likeness (QED) is 0.535. The van der Waals surface area contributed by atoms with Crippen molar-refractivity contribution in [3.8, 4) is 11.5 Å². The Bertz CT molecular complexity index is 1070. The molecule has 2 aromatic rings. The van der Waals surface area contributed by atoms with E-state index in [4.69, 9.17) is 14.2 Å². The first-order valence-corrected chi connectivity index (χ1v) is 11.4. The minimum atomic E-state index is -1.26. The lowest BCUT2D eigenvalue weighted by molar-refractivity contribution is -0.134. The van der Waals surface area contributed by atoms with Crippen LogP contribution in [0.4, 0.5) is 14.5 Å². The summed E-state index contributed by atoms with van der Waals surface area (Å²) in [5, 5.41) is 2.25. The van der Waals surface area contributed by atoms with Gasteiger partial charge in [0, 0.05) is 19.2 Å². The summed E-state index contributed by atoms with van der Waals surface area (Å²) >= 11 is 0. The predicted molar refractivity (Wildman–Crippen MR) is 123 cm³/mol. The Morgan fingerprint density at radius 2 is 1.74 bits per heavy atom. The number of carbonyl (C=O) groups excluding carboxylic acids is 3. The van der Waals surface area contributed by atoms with Gasteiger partial charge in [0.05, 0.1) is 17.9 Å². The van der Waals surface area contributed by atoms with Crippen molar-refractivity contribution >= 4 is 23.5 Å². The van der Waals surface area contributed by atoms with E-state index in [2.05, 4.69) is 5.32 Å². The maximum Gasteiger partial charge on any atom is 0.339 e. The number of ether oxygens (including phenoxy) is 3. The number of likely N-dealkylation sites (tertiary alicyclic amines) is 1. The zero-order chi connectivity index (χ0) is 25.4. The molecule has 1 aliphatic rings. The monoisotopic (exact) mass is 490 g/mol. The Hall–Kier alpha value is -3.69. The second-order valence-electron chi connectivity index (χ2n) is 7.99. The van der Waals surface area contributed by atoms with E-state index in [1.165, 1.54) is 25.1 Å². The third kappa shape index (κ3) is 7.14. The van der Waals surface area contributed by atoms with E-state index in [1.54, 1.807) is 11.8 Å². The molecular formula is C25H28F2N2O6. The topological polar surface area (TPSA) is 94.2 Å². The average molecular weight is 491 g/mol. The normalized spacial score (nSPS) is 14.1. The first kappa shape index (κ1) is 25.9. The number of nitrogens with one attached hydrogen (secondary N) is 1. The molecular weight excluding hydrogens is 462 g/mol. The molecule has 0 aromatic heterocycles. The molecule has 1 aliphatic heterocycles. The van der Waals surface area contributed by atoms with Crippen LogP contribution in [-0.4, -0.2) is 55.1 Å². The van der Waals surface area contributed by atoms with Gasteiger partial charge in [-0.05, 0) is 63.4 Å². The van der Waals surface area contributed by atoms with Crippen LogP contribution in [0.2, 0.25) is 0 Å². The summed E-state index contributed by atoms with van der Waals surface area (Å²) in [4.78, 5) is 39.0. The Morgan fingerprint density at radius 3 is 2.43 bits per heavy atom. The van der Waals surface area contributed by atoms with Gasteiger partial charge in [0.2, 0.25) is 0 Å². The van der Waals surface area contributed by atoms with E-state index in [0.29, 0.717) is 24.9 Å². The number of esters is 1. The van der Waals surface area contributed by atoms with Crippen LogP contribution in [0.25, 0.3) is 0 Å². The first-order valence-electron chi connectivity index (χ1n) is 11.4. The van der Waals surface area contributed by atoms with Gasteiger partial charge < -0.3 is 24.4 Å². The van der Waals surface area contributed by atoms with Gasteiger partial charge >= 0.3 is 5.97 Å². The van der Waals surface area contributed by atoms with E-state index in [9.17, 15) is 23.2 Å². The van der Waals surface area contributed by atoms with E-state index in [-0.39, 0.29) is 36.1 Å². The van der Waals surface area contributed by atoms with Crippen molar-refractivity contribution in [3.05, 3.63) is 53.6 Å². The van der Waals surface area contributed by atoms with Gasteiger partial charge in [-0.3, -0.25) is 9.59 Å². The molecule has 10 heteroatoms. The summed E-state index contributed by atoms with van der Waals surface area (Å²) in [6.07, 6.45) is 1.80. The van der Waals surface area contributed by atoms with Crippen LogP contribution in [0.15, 0.2) is 36.4 Å². The number of benzene rings is 2. The van der Waals surface area contributed by atoms with Gasteiger partial charge in [-0.2, -0.15) is 0 Å². The Kier molecular flexibility index (Phi) is 8.99. The van der Waals surface area contributed by atoms with Crippen molar-refractivity contribution in [1.82, 2.24) is 4.90 Å². The van der Waals surface area contributed by atoms with Crippen molar-refractivity contribution in [3.63, 3.8) is 0 Å². The third-order valence-corrected chi connectivity index (χ3v) is 5.38. The van der Waals surface area contributed by atoms with Crippen molar-refractivity contribution in [2.75, 3.05) is 31.6 Å². The van der Waals surface area contributed by atoms with Crippen LogP contribution in [0.1, 0.15) is 43.5 Å². The molecule has 1 N–H and O–H groups in total. The van der Waals surface area contributed by atoms with Gasteiger partial charge in [0.15, 0.2) is 24.2 Å². The summed E-state index contributed by atoms with van der Waals surface area (Å²) < 4.78 is 43.2. The average Bonchev–Trinajstić information content (AvgIpc) is 2.85. The molecule has 0 aliphatic carbocycles. The number of hydrogen-bond donors (Lipinski definition) is 1. The summed E-state index contributed by atoms with van der Waals surface area (Å²) in [6, 6.07) is 7.01. The molecule has 1 heterocycles. The summed E-state index contributed by atoms with van der Waals surface area (Å²) in [7, 11) is 0. The molecule has 0 saturated carbocycles. The van der Waals surface area contributed by atoms with E-state index in [0.717, 1.165) is 31.4 Å². The molecule has 0 spiro atoms. The number of piperidine rings is 1. The zero-order valence-electron chi connectivity index (χ0n) is 19.6. The van der Waals surface area contributed by atoms with Gasteiger partial charge in [-0.25, -0.2) is 13.6 Å². The van der Waals surface area contributed by atoms with E-state index < -0.39 is 29.6 Å². The second kappa shape index (κ2) is 12.1. The largest absolute Gasteiger partial charge is 0.490 e. The van der Waals surface area contributed by atoms with Crippen LogP contribution < -0.4 is 14.8 Å². The SMILES string of the molecule is CCOc1cc(C(=O)OC(C)C(=O)Nc2ccc(F)cc2F)ccc1OCC(=O)N1CCCCC1. The molecule has 0 radical (unpaired) electrons. The Labute approximate surface area is 202 Å². The van der Waals surface area contributed by atoms with Crippen LogP contribution in [0.5, 0.6) is 11.5 Å². The third-order valence-electron chi connectivity index (χ3n) is 5.38. The molecule has 1 fully saturated rings. The summed E-state index contributed by atoms with van der Waals surface area (Å²) in [5.41, 5.74) is -0.144. The lowest BCUT2D eigenvalue weighted by Crippen LogP contribution is -2.38. The van der Waals surface area contributed by atoms with Gasteiger partial charge in [-0.1, -0.05) is 0 Å². The maximum atomic E-state index is 13.8. The highest BCUT2D eigenvalue weighted by molar-refractivity contribution is 5.97. The zero-order valence-corrected chi connectivity index (χ0v) is 19.6. The number of hydrogen-bond acceptors (Lipinski definition) is 6. The van der Waals surface area contributed by atoms with Crippen LogP contribution in [0.3, 0.4) is 0 Å². The van der Waals surface area contributed by atoms with E-state index >= 15 is 0 Å². The predicted octanol–water partition coefficient (Wildman–Crippen LogP) is 3.94. The second-order valence-corrected chi connectivity index (χ2v) is 7.99. The fourth-order valence-corrected chi connectivity index (χ4v) is 3.50. The number of nitrogens with zero attached hydrogens (tertiary/aromatic N) is 1. The van der Waals surface area contributed by atoms with Crippen LogP contribution in [-0.2, 0) is 14.3 Å². The fourth-order valence-electron chi connectivity index (χ4n) is 3.50. The number of anilines is 1. The molecule has 35 heavy (non-hydrogen) atoms. The number of amides is 2. The van der Waals surface area contributed by atoms with Crippen molar-refractivity contribution in [2.24, 2.45) is 0 Å². The van der Waals surface area contributed by atoms with E-state index in [1.807, 2.05) is 0 Å². The first-order chi connectivity index (χ1) is 16.8. The number of rotatable bonds is 9. The molecule has 3 rings (SSSR count). The molecule has 2 amide bonds.